The first-order chi connectivity index (χ1) is 18.2. The van der Waals surface area contributed by atoms with E-state index in [0.29, 0.717) is 27.1 Å². The predicted molar refractivity (Wildman–Crippen MR) is 148 cm³/mol. The smallest absolute Gasteiger partial charge is 0.265 e. The summed E-state index contributed by atoms with van der Waals surface area (Å²) in [6, 6.07) is 23.1. The highest BCUT2D eigenvalue weighted by molar-refractivity contribution is 7.91. The minimum absolute atomic E-state index is 0.300. The zero-order valence-electron chi connectivity index (χ0n) is 20.4. The Balaban J connectivity index is 0.000000190. The summed E-state index contributed by atoms with van der Waals surface area (Å²) in [4.78, 5) is 21.8. The number of carbonyl (C=O) groups excluding carboxylic acids is 1. The molecule has 6 rings (SSSR count). The van der Waals surface area contributed by atoms with Gasteiger partial charge in [-0.3, -0.25) is 4.79 Å². The normalized spacial score (nSPS) is 11.4. The molecule has 0 saturated heterocycles. The first-order valence-electron chi connectivity index (χ1n) is 11.7. The molecule has 4 N–H and O–H groups in total. The van der Waals surface area contributed by atoms with Crippen molar-refractivity contribution in [2.24, 2.45) is 5.73 Å². The lowest BCUT2D eigenvalue weighted by Crippen LogP contribution is -2.10. The maximum atomic E-state index is 13.1. The van der Waals surface area contributed by atoms with Gasteiger partial charge < -0.3 is 20.3 Å². The number of hydrogen-bond donors (Lipinski definition) is 3. The number of para-hydroxylation sites is 1. The van der Waals surface area contributed by atoms with Crippen LogP contribution in [-0.2, 0) is 16.4 Å². The standard InChI is InChI=1S/C19H17N3O2S.C9H7ClN2O/c1-14-20-11-15(21-14)12-22-13-19(17-9-5-6-10-18(17)22)25(23,24)16-7-3-2-4-8-16;10-6-1-2-7-5(3-6)4-8(12-7)9(11)13/h2-11,13H,12H2,1H3,(H,20,21);1-4,12H,(H2,11,13). The van der Waals surface area contributed by atoms with Crippen LogP contribution in [0.3, 0.4) is 0 Å². The molecule has 0 radical (unpaired) electrons. The van der Waals surface area contributed by atoms with Gasteiger partial charge in [0.25, 0.3) is 5.91 Å². The third-order valence-electron chi connectivity index (χ3n) is 6.03. The van der Waals surface area contributed by atoms with Crippen LogP contribution in [0, 0.1) is 6.92 Å². The summed E-state index contributed by atoms with van der Waals surface area (Å²) >= 11 is 5.78. The van der Waals surface area contributed by atoms with Crippen LogP contribution in [0.1, 0.15) is 22.0 Å². The van der Waals surface area contributed by atoms with E-state index in [1.165, 1.54) is 0 Å². The summed E-state index contributed by atoms with van der Waals surface area (Å²) < 4.78 is 28.1. The Hall–Kier alpha value is -4.34. The van der Waals surface area contributed by atoms with E-state index in [-0.39, 0.29) is 0 Å². The number of hydrogen-bond acceptors (Lipinski definition) is 4. The molecular weight excluding hydrogens is 522 g/mol. The number of amides is 1. The fourth-order valence-corrected chi connectivity index (χ4v) is 5.92. The van der Waals surface area contributed by atoms with Gasteiger partial charge in [-0.15, -0.1) is 0 Å². The average Bonchev–Trinajstić information content (AvgIpc) is 3.62. The van der Waals surface area contributed by atoms with E-state index in [2.05, 4.69) is 15.0 Å². The van der Waals surface area contributed by atoms with Crippen molar-refractivity contribution in [2.45, 2.75) is 23.3 Å². The van der Waals surface area contributed by atoms with Crippen LogP contribution in [0.25, 0.3) is 21.8 Å². The van der Waals surface area contributed by atoms with E-state index < -0.39 is 15.7 Å². The van der Waals surface area contributed by atoms with Gasteiger partial charge in [-0.25, -0.2) is 13.4 Å². The second kappa shape index (κ2) is 10.2. The van der Waals surface area contributed by atoms with Gasteiger partial charge in [0.2, 0.25) is 9.84 Å². The molecule has 3 aromatic carbocycles. The highest BCUT2D eigenvalue weighted by Gasteiger charge is 2.23. The second-order valence-corrected chi connectivity index (χ2v) is 11.1. The van der Waals surface area contributed by atoms with E-state index >= 15 is 0 Å². The molecule has 0 unspecified atom stereocenters. The van der Waals surface area contributed by atoms with Crippen molar-refractivity contribution in [3.63, 3.8) is 0 Å². The topological polar surface area (TPSA) is 127 Å². The van der Waals surface area contributed by atoms with E-state index in [0.717, 1.165) is 33.3 Å². The fourth-order valence-electron chi connectivity index (χ4n) is 4.24. The van der Waals surface area contributed by atoms with Crippen molar-refractivity contribution in [3.05, 3.63) is 113 Å². The third-order valence-corrected chi connectivity index (χ3v) is 8.07. The van der Waals surface area contributed by atoms with Crippen molar-refractivity contribution in [2.75, 3.05) is 0 Å². The summed E-state index contributed by atoms with van der Waals surface area (Å²) in [6.45, 7) is 2.40. The van der Waals surface area contributed by atoms with Crippen LogP contribution in [-0.4, -0.2) is 33.8 Å². The number of aryl methyl sites for hydroxylation is 1. The van der Waals surface area contributed by atoms with Crippen molar-refractivity contribution in [3.8, 4) is 0 Å². The quantitative estimate of drug-likeness (QED) is 0.265. The lowest BCUT2D eigenvalue weighted by Gasteiger charge is -2.02. The maximum Gasteiger partial charge on any atom is 0.265 e. The highest BCUT2D eigenvalue weighted by atomic mass is 35.5. The van der Waals surface area contributed by atoms with Gasteiger partial charge in [0.1, 0.15) is 11.5 Å². The van der Waals surface area contributed by atoms with E-state index in [9.17, 15) is 13.2 Å². The fraction of sp³-hybridized carbons (Fsp3) is 0.0714. The highest BCUT2D eigenvalue weighted by Crippen LogP contribution is 2.30. The van der Waals surface area contributed by atoms with Gasteiger partial charge >= 0.3 is 0 Å². The molecule has 3 heterocycles. The van der Waals surface area contributed by atoms with Gasteiger partial charge in [-0.1, -0.05) is 48.0 Å². The van der Waals surface area contributed by atoms with Crippen LogP contribution < -0.4 is 5.73 Å². The van der Waals surface area contributed by atoms with Gasteiger partial charge in [0.15, 0.2) is 0 Å². The summed E-state index contributed by atoms with van der Waals surface area (Å²) in [5, 5.41) is 2.25. The third kappa shape index (κ3) is 5.06. The number of nitrogens with one attached hydrogen (secondary N) is 2. The van der Waals surface area contributed by atoms with Crippen LogP contribution >= 0.6 is 11.6 Å². The molecule has 0 bridgehead atoms. The molecule has 3 aromatic heterocycles. The number of H-pyrrole nitrogens is 2. The molecule has 0 spiro atoms. The lowest BCUT2D eigenvalue weighted by atomic mass is 10.2. The number of sulfone groups is 1. The number of rotatable bonds is 5. The number of imidazole rings is 1. The number of nitrogens with zero attached hydrogens (tertiary/aromatic N) is 2. The summed E-state index contributed by atoms with van der Waals surface area (Å²) in [7, 11) is -3.58. The van der Waals surface area contributed by atoms with E-state index in [1.54, 1.807) is 48.7 Å². The van der Waals surface area contributed by atoms with Gasteiger partial charge in [0, 0.05) is 39.2 Å². The summed E-state index contributed by atoms with van der Waals surface area (Å²) in [5.74, 6) is 0.371. The molecule has 8 nitrogen and oxygen atoms in total. The Kier molecular flexibility index (Phi) is 6.79. The Bertz CT molecular complexity index is 1870. The lowest BCUT2D eigenvalue weighted by molar-refractivity contribution is 0.0996. The van der Waals surface area contributed by atoms with Crippen LogP contribution in [0.5, 0.6) is 0 Å². The number of carbonyl (C=O) groups is 1. The van der Waals surface area contributed by atoms with Gasteiger partial charge in [-0.05, 0) is 49.4 Å². The first kappa shape index (κ1) is 25.3. The Morgan fingerprint density at radius 1 is 1.03 bits per heavy atom. The zero-order chi connectivity index (χ0) is 26.9. The molecule has 38 heavy (non-hydrogen) atoms. The van der Waals surface area contributed by atoms with Crippen molar-refractivity contribution >= 4 is 49.2 Å². The molecule has 10 heteroatoms. The summed E-state index contributed by atoms with van der Waals surface area (Å²) in [5.41, 5.74) is 8.11. The number of primary amides is 1. The summed E-state index contributed by atoms with van der Waals surface area (Å²) in [6.07, 6.45) is 3.55. The Morgan fingerprint density at radius 3 is 2.47 bits per heavy atom. The molecule has 192 valence electrons. The number of aromatic amines is 2. The SMILES string of the molecule is Cc1nc(Cn2cc(S(=O)(=O)c3ccccc3)c3ccccc32)c[nH]1.NC(=O)c1cc2cc(Cl)ccc2[nH]1. The molecule has 0 aliphatic carbocycles. The number of aromatic nitrogens is 4. The van der Waals surface area contributed by atoms with Gasteiger partial charge in [0.05, 0.1) is 22.0 Å². The molecule has 0 saturated carbocycles. The van der Waals surface area contributed by atoms with Crippen molar-refractivity contribution in [1.29, 1.82) is 0 Å². The zero-order valence-corrected chi connectivity index (χ0v) is 21.9. The largest absolute Gasteiger partial charge is 0.364 e. The van der Waals surface area contributed by atoms with Crippen LogP contribution in [0.2, 0.25) is 5.02 Å². The number of nitrogens with two attached hydrogens (primary N) is 1. The number of halogens is 1. The van der Waals surface area contributed by atoms with Crippen LogP contribution in [0.4, 0.5) is 0 Å². The van der Waals surface area contributed by atoms with E-state index in [4.69, 9.17) is 17.3 Å². The van der Waals surface area contributed by atoms with E-state index in [1.807, 2.05) is 54.1 Å². The Morgan fingerprint density at radius 2 is 1.76 bits per heavy atom. The first-order valence-corrected chi connectivity index (χ1v) is 13.6. The minimum Gasteiger partial charge on any atom is -0.364 e. The molecule has 0 atom stereocenters. The van der Waals surface area contributed by atoms with Crippen LogP contribution in [0.15, 0.2) is 101 Å². The van der Waals surface area contributed by atoms with Crippen molar-refractivity contribution in [1.82, 2.24) is 19.5 Å². The average molecular weight is 546 g/mol. The molecule has 0 aliphatic rings. The minimum atomic E-state index is -3.58. The molecule has 0 fully saturated rings. The van der Waals surface area contributed by atoms with Gasteiger partial charge in [-0.2, -0.15) is 0 Å². The molecule has 1 amide bonds. The molecular formula is C28H24ClN5O3S. The van der Waals surface area contributed by atoms with Crippen molar-refractivity contribution < 1.29 is 13.2 Å². The number of fused-ring (bicyclic) bond motifs is 2. The Labute approximate surface area is 224 Å². The maximum absolute atomic E-state index is 13.1. The monoisotopic (exact) mass is 545 g/mol. The molecule has 0 aliphatic heterocycles. The predicted octanol–water partition coefficient (Wildman–Crippen LogP) is 5.47. The number of benzene rings is 3. The second-order valence-electron chi connectivity index (χ2n) is 8.71. The molecule has 6 aromatic rings.